The van der Waals surface area contributed by atoms with E-state index in [1.54, 1.807) is 26.0 Å². The Morgan fingerprint density at radius 1 is 1.14 bits per heavy atom. The van der Waals surface area contributed by atoms with Crippen molar-refractivity contribution in [1.82, 2.24) is 0 Å². The van der Waals surface area contributed by atoms with Crippen LogP contribution in [0, 0.1) is 5.82 Å². The van der Waals surface area contributed by atoms with E-state index in [1.807, 2.05) is 30.3 Å². The molecule has 0 aromatic heterocycles. The predicted molar refractivity (Wildman–Crippen MR) is 80.5 cm³/mol. The smallest absolute Gasteiger partial charge is 0.316 e. The van der Waals surface area contributed by atoms with E-state index in [2.05, 4.69) is 0 Å². The first-order chi connectivity index (χ1) is 10.1. The van der Waals surface area contributed by atoms with Gasteiger partial charge in [0, 0.05) is 0 Å². The van der Waals surface area contributed by atoms with E-state index in [9.17, 15) is 9.18 Å². The first kappa shape index (κ1) is 15.2. The maximum atomic E-state index is 13.5. The number of esters is 1. The summed E-state index contributed by atoms with van der Waals surface area (Å²) in [4.78, 5) is 12.4. The number of carbonyl (C=O) groups excluding carboxylic acids is 1. The van der Waals surface area contributed by atoms with Crippen molar-refractivity contribution in [3.8, 4) is 0 Å². The van der Waals surface area contributed by atoms with Crippen molar-refractivity contribution in [2.75, 3.05) is 6.61 Å². The molecule has 110 valence electrons. The second-order valence-electron chi connectivity index (χ2n) is 5.23. The van der Waals surface area contributed by atoms with Gasteiger partial charge < -0.3 is 4.74 Å². The minimum atomic E-state index is -0.903. The Bertz CT molecular complexity index is 610. The molecule has 0 aliphatic rings. The fraction of sp³-hybridized carbons (Fsp3) is 0.278. The summed E-state index contributed by atoms with van der Waals surface area (Å²) >= 11 is 0. The molecule has 0 spiro atoms. The number of hydrogen-bond acceptors (Lipinski definition) is 2. The van der Waals surface area contributed by atoms with Crippen LogP contribution in [0.1, 0.15) is 25.0 Å². The molecule has 0 fully saturated rings. The number of benzene rings is 2. The number of ether oxygens (including phenoxy) is 1. The van der Waals surface area contributed by atoms with Crippen molar-refractivity contribution in [1.29, 1.82) is 0 Å². The molecule has 2 rings (SSSR count). The predicted octanol–water partition coefficient (Wildman–Crippen LogP) is 3.89. The lowest BCUT2D eigenvalue weighted by Gasteiger charge is -2.28. The van der Waals surface area contributed by atoms with Crippen molar-refractivity contribution < 1.29 is 13.9 Å². The molecule has 1 unspecified atom stereocenters. The fourth-order valence-corrected chi connectivity index (χ4v) is 2.42. The summed E-state index contributed by atoms with van der Waals surface area (Å²) < 4.78 is 18.7. The molecule has 21 heavy (non-hydrogen) atoms. The quantitative estimate of drug-likeness (QED) is 0.779. The van der Waals surface area contributed by atoms with Crippen LogP contribution in [0.15, 0.2) is 54.6 Å². The van der Waals surface area contributed by atoms with Crippen LogP contribution in [-0.2, 0) is 21.4 Å². The van der Waals surface area contributed by atoms with Gasteiger partial charge in [-0.05, 0) is 43.5 Å². The van der Waals surface area contributed by atoms with Gasteiger partial charge in [-0.15, -0.1) is 0 Å². The lowest BCUT2D eigenvalue weighted by Crippen LogP contribution is -2.36. The van der Waals surface area contributed by atoms with Crippen LogP contribution < -0.4 is 0 Å². The topological polar surface area (TPSA) is 26.3 Å². The Morgan fingerprint density at radius 3 is 2.48 bits per heavy atom. The summed E-state index contributed by atoms with van der Waals surface area (Å²) in [6.07, 6.45) is 0.468. The largest absolute Gasteiger partial charge is 0.465 e. The maximum Gasteiger partial charge on any atom is 0.316 e. The van der Waals surface area contributed by atoms with Gasteiger partial charge in [0.2, 0.25) is 0 Å². The maximum absolute atomic E-state index is 13.5. The highest BCUT2D eigenvalue weighted by molar-refractivity contribution is 5.83. The average Bonchev–Trinajstić information content (AvgIpc) is 2.48. The van der Waals surface area contributed by atoms with Gasteiger partial charge in [-0.2, -0.15) is 0 Å². The van der Waals surface area contributed by atoms with Crippen LogP contribution in [0.4, 0.5) is 4.39 Å². The Kier molecular flexibility index (Phi) is 4.73. The van der Waals surface area contributed by atoms with E-state index in [4.69, 9.17) is 4.74 Å². The molecule has 0 aliphatic carbocycles. The normalized spacial score (nSPS) is 13.5. The number of carbonyl (C=O) groups is 1. The zero-order valence-corrected chi connectivity index (χ0v) is 12.3. The Morgan fingerprint density at radius 2 is 1.86 bits per heavy atom. The van der Waals surface area contributed by atoms with Gasteiger partial charge in [0.05, 0.1) is 12.0 Å². The molecule has 0 radical (unpaired) electrons. The first-order valence-corrected chi connectivity index (χ1v) is 7.03. The summed E-state index contributed by atoms with van der Waals surface area (Å²) in [5.41, 5.74) is 0.738. The highest BCUT2D eigenvalue weighted by Gasteiger charge is 2.37. The molecule has 3 heteroatoms. The van der Waals surface area contributed by atoms with E-state index in [0.29, 0.717) is 18.6 Å². The van der Waals surface area contributed by atoms with Gasteiger partial charge in [-0.25, -0.2) is 4.39 Å². The van der Waals surface area contributed by atoms with Crippen LogP contribution in [0.3, 0.4) is 0 Å². The van der Waals surface area contributed by atoms with E-state index >= 15 is 0 Å². The van der Waals surface area contributed by atoms with Crippen molar-refractivity contribution in [3.05, 3.63) is 71.5 Å². The molecule has 0 bridgehead atoms. The van der Waals surface area contributed by atoms with Crippen LogP contribution in [0.5, 0.6) is 0 Å². The van der Waals surface area contributed by atoms with Crippen molar-refractivity contribution in [2.24, 2.45) is 0 Å². The SMILES string of the molecule is CCOC(=O)C(C)(Cc1ccccc1)c1cccc(F)c1. The van der Waals surface area contributed by atoms with E-state index < -0.39 is 5.41 Å². The first-order valence-electron chi connectivity index (χ1n) is 7.03. The van der Waals surface area contributed by atoms with E-state index in [0.717, 1.165) is 5.56 Å². The minimum Gasteiger partial charge on any atom is -0.465 e. The second kappa shape index (κ2) is 6.53. The molecule has 0 saturated heterocycles. The molecule has 0 N–H and O–H groups in total. The molecule has 2 aromatic carbocycles. The van der Waals surface area contributed by atoms with Gasteiger partial charge in [-0.3, -0.25) is 4.79 Å². The zero-order chi connectivity index (χ0) is 15.3. The van der Waals surface area contributed by atoms with E-state index in [-0.39, 0.29) is 11.8 Å². The third kappa shape index (κ3) is 3.48. The molecule has 0 heterocycles. The molecule has 1 atom stereocenters. The second-order valence-corrected chi connectivity index (χ2v) is 5.23. The molecule has 0 saturated carbocycles. The number of rotatable bonds is 5. The monoisotopic (exact) mass is 286 g/mol. The molecular weight excluding hydrogens is 267 g/mol. The summed E-state index contributed by atoms with van der Waals surface area (Å²) in [6.45, 7) is 3.87. The summed E-state index contributed by atoms with van der Waals surface area (Å²) in [6, 6.07) is 15.8. The third-order valence-electron chi connectivity index (χ3n) is 3.59. The van der Waals surface area contributed by atoms with Crippen LogP contribution in [0.25, 0.3) is 0 Å². The Hall–Kier alpha value is -2.16. The van der Waals surface area contributed by atoms with Gasteiger partial charge in [0.25, 0.3) is 0 Å². The third-order valence-corrected chi connectivity index (χ3v) is 3.59. The van der Waals surface area contributed by atoms with Crippen molar-refractivity contribution in [3.63, 3.8) is 0 Å². The zero-order valence-electron chi connectivity index (χ0n) is 12.3. The van der Waals surface area contributed by atoms with Gasteiger partial charge in [-0.1, -0.05) is 42.5 Å². The van der Waals surface area contributed by atoms with Crippen LogP contribution in [-0.4, -0.2) is 12.6 Å². The standard InChI is InChI=1S/C18H19FO2/c1-3-21-17(20)18(2,13-14-8-5-4-6-9-14)15-10-7-11-16(19)12-15/h4-12H,3,13H2,1-2H3. The molecule has 0 amide bonds. The van der Waals surface area contributed by atoms with Crippen molar-refractivity contribution in [2.45, 2.75) is 25.7 Å². The highest BCUT2D eigenvalue weighted by atomic mass is 19.1. The number of halogens is 1. The summed E-state index contributed by atoms with van der Waals surface area (Å²) in [7, 11) is 0. The molecule has 0 aliphatic heterocycles. The van der Waals surface area contributed by atoms with Crippen LogP contribution >= 0.6 is 0 Å². The van der Waals surface area contributed by atoms with Gasteiger partial charge in [0.1, 0.15) is 5.82 Å². The van der Waals surface area contributed by atoms with E-state index in [1.165, 1.54) is 12.1 Å². The van der Waals surface area contributed by atoms with Crippen molar-refractivity contribution >= 4 is 5.97 Å². The van der Waals surface area contributed by atoms with Gasteiger partial charge in [0.15, 0.2) is 0 Å². The highest BCUT2D eigenvalue weighted by Crippen LogP contribution is 2.30. The molecule has 2 aromatic rings. The summed E-state index contributed by atoms with van der Waals surface area (Å²) in [5, 5.41) is 0. The lowest BCUT2D eigenvalue weighted by molar-refractivity contribution is -0.149. The Labute approximate surface area is 124 Å². The molecular formula is C18H19FO2. The van der Waals surface area contributed by atoms with Crippen LogP contribution in [0.2, 0.25) is 0 Å². The minimum absolute atomic E-state index is 0.304. The Balaban J connectivity index is 2.41. The average molecular weight is 286 g/mol. The summed E-state index contributed by atoms with van der Waals surface area (Å²) in [5.74, 6) is -0.685. The molecule has 2 nitrogen and oxygen atoms in total. The number of hydrogen-bond donors (Lipinski definition) is 0. The fourth-order valence-electron chi connectivity index (χ4n) is 2.42. The van der Waals surface area contributed by atoms with Gasteiger partial charge >= 0.3 is 5.97 Å². The lowest BCUT2D eigenvalue weighted by atomic mass is 9.77.